The van der Waals surface area contributed by atoms with Crippen molar-refractivity contribution >= 4 is 27.8 Å². The first-order chi connectivity index (χ1) is 19.1. The molecule has 0 saturated heterocycles. The second-order valence-corrected chi connectivity index (χ2v) is 11.0. The van der Waals surface area contributed by atoms with E-state index < -0.39 is 22.5 Å². The monoisotopic (exact) mass is 562 g/mol. The van der Waals surface area contributed by atoms with Crippen molar-refractivity contribution in [1.82, 2.24) is 9.99 Å². The number of rotatable bonds is 10. The number of hydrazone groups is 1. The van der Waals surface area contributed by atoms with Crippen molar-refractivity contribution in [1.29, 1.82) is 0 Å². The Morgan fingerprint density at radius 1 is 1.00 bits per heavy atom. The summed E-state index contributed by atoms with van der Waals surface area (Å²) in [6.45, 7) is 7.50. The topological polar surface area (TPSA) is 93.0 Å². The fourth-order valence-electron chi connectivity index (χ4n) is 4.27. The first-order valence-electron chi connectivity index (χ1n) is 12.7. The third kappa shape index (κ3) is 6.40. The van der Waals surface area contributed by atoms with Gasteiger partial charge >= 0.3 is 0 Å². The van der Waals surface area contributed by atoms with Gasteiger partial charge in [-0.2, -0.15) is 5.10 Å². The smallest absolute Gasteiger partial charge is 0.264 e. The van der Waals surface area contributed by atoms with Crippen molar-refractivity contribution in [2.24, 2.45) is 5.10 Å². The van der Waals surface area contributed by atoms with E-state index in [0.717, 1.165) is 32.5 Å². The highest BCUT2D eigenvalue weighted by molar-refractivity contribution is 7.92. The van der Waals surface area contributed by atoms with Crippen LogP contribution in [0.4, 0.5) is 10.1 Å². The highest BCUT2D eigenvalue weighted by Crippen LogP contribution is 2.26. The lowest BCUT2D eigenvalue weighted by atomic mass is 10.2. The molecule has 0 fully saturated rings. The molecule has 0 aliphatic heterocycles. The lowest BCUT2D eigenvalue weighted by molar-refractivity contribution is -0.119. The van der Waals surface area contributed by atoms with Crippen molar-refractivity contribution in [2.45, 2.75) is 32.6 Å². The number of sulfonamides is 1. The molecule has 4 rings (SSSR count). The number of hydrogen-bond donors (Lipinski definition) is 1. The van der Waals surface area contributed by atoms with Gasteiger partial charge in [-0.05, 0) is 94.4 Å². The molecule has 40 heavy (non-hydrogen) atoms. The van der Waals surface area contributed by atoms with E-state index >= 15 is 0 Å². The number of anilines is 1. The molecule has 4 aromatic rings. The van der Waals surface area contributed by atoms with Crippen molar-refractivity contribution in [3.8, 4) is 11.4 Å². The quantitative estimate of drug-likeness (QED) is 0.210. The molecule has 0 aliphatic carbocycles. The molecular weight excluding hydrogens is 531 g/mol. The predicted octanol–water partition coefficient (Wildman–Crippen LogP) is 5.29. The molecule has 0 aliphatic rings. The average Bonchev–Trinajstić information content (AvgIpc) is 3.21. The number of aryl methyl sites for hydroxylation is 2. The van der Waals surface area contributed by atoms with E-state index in [1.165, 1.54) is 30.5 Å². The minimum absolute atomic E-state index is 0.0662. The lowest BCUT2D eigenvalue weighted by Gasteiger charge is -2.24. The normalized spacial score (nSPS) is 11.5. The number of nitrogens with one attached hydrogen (secondary N) is 1. The summed E-state index contributed by atoms with van der Waals surface area (Å²) in [5.41, 5.74) is 6.96. The van der Waals surface area contributed by atoms with Gasteiger partial charge in [-0.1, -0.05) is 17.7 Å². The third-order valence-corrected chi connectivity index (χ3v) is 8.07. The zero-order valence-electron chi connectivity index (χ0n) is 22.8. The molecule has 3 aromatic carbocycles. The molecular formula is C30H31FN4O4S. The molecule has 0 spiro atoms. The van der Waals surface area contributed by atoms with Crippen LogP contribution < -0.4 is 14.5 Å². The van der Waals surface area contributed by atoms with E-state index in [1.807, 2.05) is 38.3 Å². The first kappa shape index (κ1) is 28.6. The number of carbonyl (C=O) groups excluding carboxylic acids is 1. The molecule has 0 bridgehead atoms. The fourth-order valence-corrected chi connectivity index (χ4v) is 5.69. The average molecular weight is 563 g/mol. The van der Waals surface area contributed by atoms with E-state index in [2.05, 4.69) is 10.5 Å². The van der Waals surface area contributed by atoms with Gasteiger partial charge in [-0.3, -0.25) is 9.10 Å². The summed E-state index contributed by atoms with van der Waals surface area (Å²) in [4.78, 5) is 13.0. The van der Waals surface area contributed by atoms with Gasteiger partial charge in [0.05, 0.1) is 23.4 Å². The predicted molar refractivity (Wildman–Crippen MR) is 154 cm³/mol. The van der Waals surface area contributed by atoms with Crippen LogP contribution in [0.25, 0.3) is 5.69 Å². The van der Waals surface area contributed by atoms with Gasteiger partial charge < -0.3 is 9.30 Å². The van der Waals surface area contributed by atoms with E-state index in [4.69, 9.17) is 4.74 Å². The van der Waals surface area contributed by atoms with Crippen LogP contribution in [0, 0.1) is 26.6 Å². The number of benzene rings is 3. The van der Waals surface area contributed by atoms with Crippen molar-refractivity contribution in [3.63, 3.8) is 0 Å². The van der Waals surface area contributed by atoms with E-state index in [1.54, 1.807) is 48.5 Å². The maximum atomic E-state index is 13.6. The zero-order chi connectivity index (χ0) is 28.9. The molecule has 208 valence electrons. The Labute approximate surface area is 233 Å². The summed E-state index contributed by atoms with van der Waals surface area (Å²) in [6, 6.07) is 21.0. The van der Waals surface area contributed by atoms with Crippen LogP contribution >= 0.6 is 0 Å². The summed E-state index contributed by atoms with van der Waals surface area (Å²) in [5, 5.41) is 4.08. The fraction of sp³-hybridized carbons (Fsp3) is 0.200. The van der Waals surface area contributed by atoms with Gasteiger partial charge in [0.2, 0.25) is 0 Å². The maximum absolute atomic E-state index is 13.6. The molecule has 1 heterocycles. The Bertz CT molecular complexity index is 1610. The maximum Gasteiger partial charge on any atom is 0.264 e. The Kier molecular flexibility index (Phi) is 8.69. The van der Waals surface area contributed by atoms with Crippen molar-refractivity contribution < 1.29 is 22.3 Å². The Hall–Kier alpha value is -4.44. The molecule has 0 saturated carbocycles. The van der Waals surface area contributed by atoms with Crippen LogP contribution in [0.3, 0.4) is 0 Å². The summed E-state index contributed by atoms with van der Waals surface area (Å²) in [5.74, 6) is -0.348. The second-order valence-electron chi connectivity index (χ2n) is 9.18. The largest absolute Gasteiger partial charge is 0.494 e. The summed E-state index contributed by atoms with van der Waals surface area (Å²) < 4.78 is 49.0. The van der Waals surface area contributed by atoms with Gasteiger partial charge in [-0.15, -0.1) is 0 Å². The molecule has 0 unspecified atom stereocenters. The lowest BCUT2D eigenvalue weighted by Crippen LogP contribution is -2.39. The van der Waals surface area contributed by atoms with Crippen molar-refractivity contribution in [3.05, 3.63) is 107 Å². The molecule has 0 atom stereocenters. The molecule has 1 amide bonds. The van der Waals surface area contributed by atoms with E-state index in [0.29, 0.717) is 18.0 Å². The van der Waals surface area contributed by atoms with Crippen LogP contribution in [-0.4, -0.2) is 38.3 Å². The van der Waals surface area contributed by atoms with Gasteiger partial charge in [0.25, 0.3) is 15.9 Å². The number of halogens is 1. The minimum atomic E-state index is -4.06. The Balaban J connectivity index is 1.55. The number of ether oxygens (including phenoxy) is 1. The number of carbonyl (C=O) groups is 1. The number of amides is 1. The SMILES string of the molecule is CCOc1ccc(N(CC(=O)N/N=C/c2cc(C)n(-c3ccc(F)cc3)c2C)S(=O)(=O)c2ccc(C)cc2)cc1. The van der Waals surface area contributed by atoms with Gasteiger partial charge in [0, 0.05) is 22.6 Å². The van der Waals surface area contributed by atoms with Crippen LogP contribution in [-0.2, 0) is 14.8 Å². The molecule has 8 nitrogen and oxygen atoms in total. The minimum Gasteiger partial charge on any atom is -0.494 e. The van der Waals surface area contributed by atoms with E-state index in [-0.39, 0.29) is 10.7 Å². The van der Waals surface area contributed by atoms with Gasteiger partial charge in [0.1, 0.15) is 18.1 Å². The van der Waals surface area contributed by atoms with Crippen LogP contribution in [0.5, 0.6) is 5.75 Å². The summed E-state index contributed by atoms with van der Waals surface area (Å²) >= 11 is 0. The number of hydrogen-bond acceptors (Lipinski definition) is 5. The van der Waals surface area contributed by atoms with E-state index in [9.17, 15) is 17.6 Å². The summed E-state index contributed by atoms with van der Waals surface area (Å²) in [7, 11) is -4.06. The van der Waals surface area contributed by atoms with Crippen LogP contribution in [0.1, 0.15) is 29.4 Å². The third-order valence-electron chi connectivity index (χ3n) is 6.28. The first-order valence-corrected chi connectivity index (χ1v) is 14.1. The van der Waals surface area contributed by atoms with Gasteiger partial charge in [-0.25, -0.2) is 18.2 Å². The highest BCUT2D eigenvalue weighted by atomic mass is 32.2. The van der Waals surface area contributed by atoms with Crippen LogP contribution in [0.2, 0.25) is 0 Å². The van der Waals surface area contributed by atoms with Crippen molar-refractivity contribution in [2.75, 3.05) is 17.5 Å². The number of nitrogens with zero attached hydrogens (tertiary/aromatic N) is 3. The summed E-state index contributed by atoms with van der Waals surface area (Å²) in [6.07, 6.45) is 1.50. The number of aromatic nitrogens is 1. The Morgan fingerprint density at radius 2 is 1.65 bits per heavy atom. The molecule has 1 aromatic heterocycles. The standard InChI is InChI=1S/C30H31FN4O4S/c1-5-39-28-14-12-26(13-15-28)34(40(37,38)29-16-6-21(2)7-17-29)20-30(36)33-32-19-24-18-22(3)35(23(24)4)27-10-8-25(31)9-11-27/h6-19H,5,20H2,1-4H3,(H,33,36)/b32-19+. The van der Waals surface area contributed by atoms with Gasteiger partial charge in [0.15, 0.2) is 0 Å². The Morgan fingerprint density at radius 3 is 2.27 bits per heavy atom. The second kappa shape index (κ2) is 12.2. The van der Waals surface area contributed by atoms with Crippen LogP contribution in [0.15, 0.2) is 88.9 Å². The molecule has 1 N–H and O–H groups in total. The molecule has 10 heteroatoms. The molecule has 0 radical (unpaired) electrons. The highest BCUT2D eigenvalue weighted by Gasteiger charge is 2.27. The zero-order valence-corrected chi connectivity index (χ0v) is 23.6.